The van der Waals surface area contributed by atoms with Gasteiger partial charge in [-0.1, -0.05) is 67.8 Å². The number of carbonyl (C=O) groups is 1. The summed E-state index contributed by atoms with van der Waals surface area (Å²) in [5, 5.41) is 2.80. The number of primary amides is 1. The van der Waals surface area contributed by atoms with E-state index in [0.29, 0.717) is 0 Å². The van der Waals surface area contributed by atoms with Gasteiger partial charge in [0.15, 0.2) is 0 Å². The van der Waals surface area contributed by atoms with E-state index in [2.05, 4.69) is 62.6 Å². The van der Waals surface area contributed by atoms with Crippen LogP contribution in [0.4, 0.5) is 0 Å². The number of hydrogen-bond acceptors (Lipinski definition) is 1. The van der Waals surface area contributed by atoms with E-state index in [1.807, 2.05) is 6.07 Å². The average molecular weight is 350 g/mol. The summed E-state index contributed by atoms with van der Waals surface area (Å²) < 4.78 is 0. The predicted octanol–water partition coefficient (Wildman–Crippen LogP) is 2.94. The van der Waals surface area contributed by atoms with Crippen molar-refractivity contribution in [1.29, 1.82) is 0 Å². The Labute approximate surface area is 145 Å². The minimum atomic E-state index is -1.58. The Bertz CT molecular complexity index is 925. The van der Waals surface area contributed by atoms with Crippen molar-refractivity contribution in [3.63, 3.8) is 0 Å². The number of carbonyl (C=O) groups excluding carboxylic acids is 1. The van der Waals surface area contributed by atoms with Crippen LogP contribution in [0, 0.1) is 0 Å². The standard InChI is InChI=1S/C20H23NOSi2/c1-23(2)18-16(15-10-6-8-13-7-5-9-14(13)15)11-12-17(20(21)22)19(18)24(23,3)4/h5-6,8-12H,7H2,1-4H3,(H2,21,22). The van der Waals surface area contributed by atoms with Crippen molar-refractivity contribution in [2.75, 3.05) is 0 Å². The minimum Gasteiger partial charge on any atom is -0.366 e. The fourth-order valence-corrected chi connectivity index (χ4v) is 15.3. The van der Waals surface area contributed by atoms with Crippen LogP contribution in [-0.4, -0.2) is 21.1 Å². The lowest BCUT2D eigenvalue weighted by molar-refractivity contribution is 0.100. The van der Waals surface area contributed by atoms with Gasteiger partial charge in [-0.2, -0.15) is 0 Å². The lowest BCUT2D eigenvalue weighted by atomic mass is 9.96. The molecule has 0 saturated carbocycles. The van der Waals surface area contributed by atoms with E-state index >= 15 is 0 Å². The molecule has 1 heterocycles. The molecule has 0 radical (unpaired) electrons. The second-order valence-electron chi connectivity index (χ2n) is 8.01. The first-order valence-electron chi connectivity index (χ1n) is 8.53. The van der Waals surface area contributed by atoms with E-state index in [4.69, 9.17) is 5.73 Å². The van der Waals surface area contributed by atoms with Crippen molar-refractivity contribution in [3.8, 4) is 11.1 Å². The molecular weight excluding hydrogens is 326 g/mol. The predicted molar refractivity (Wildman–Crippen MR) is 107 cm³/mol. The highest BCUT2D eigenvalue weighted by Crippen LogP contribution is 2.37. The van der Waals surface area contributed by atoms with Crippen LogP contribution in [0.5, 0.6) is 0 Å². The van der Waals surface area contributed by atoms with Crippen molar-refractivity contribution in [2.45, 2.75) is 32.6 Å². The molecule has 24 heavy (non-hydrogen) atoms. The summed E-state index contributed by atoms with van der Waals surface area (Å²) in [5.41, 5.74) is 11.9. The van der Waals surface area contributed by atoms with Crippen LogP contribution < -0.4 is 16.1 Å². The molecular formula is C20H23NOSi2. The quantitative estimate of drug-likeness (QED) is 0.832. The zero-order valence-corrected chi connectivity index (χ0v) is 16.7. The maximum Gasteiger partial charge on any atom is 0.248 e. The van der Waals surface area contributed by atoms with Gasteiger partial charge in [0.2, 0.25) is 5.91 Å². The highest BCUT2D eigenvalue weighted by Gasteiger charge is 2.57. The molecule has 122 valence electrons. The molecule has 2 aliphatic rings. The fraction of sp³-hybridized carbons (Fsp3) is 0.250. The summed E-state index contributed by atoms with van der Waals surface area (Å²) in [6.07, 6.45) is 5.50. The summed E-state index contributed by atoms with van der Waals surface area (Å²) >= 11 is 0. The smallest absolute Gasteiger partial charge is 0.248 e. The Morgan fingerprint density at radius 3 is 2.38 bits per heavy atom. The zero-order chi connectivity index (χ0) is 17.3. The van der Waals surface area contributed by atoms with Crippen molar-refractivity contribution < 1.29 is 4.79 Å². The maximum atomic E-state index is 12.0. The highest BCUT2D eigenvalue weighted by atomic mass is 29.3. The molecule has 0 atom stereocenters. The lowest BCUT2D eigenvalue weighted by Gasteiger charge is -2.53. The van der Waals surface area contributed by atoms with Crippen LogP contribution in [0.25, 0.3) is 17.2 Å². The Kier molecular flexibility index (Phi) is 3.12. The molecule has 0 aromatic heterocycles. The molecule has 0 saturated heterocycles. The lowest BCUT2D eigenvalue weighted by Crippen LogP contribution is -2.86. The number of fused-ring (bicyclic) bond motifs is 2. The van der Waals surface area contributed by atoms with E-state index in [1.54, 1.807) is 0 Å². The molecule has 0 fully saturated rings. The number of nitrogens with two attached hydrogens (primary N) is 1. The number of allylic oxidation sites excluding steroid dienone is 1. The molecule has 2 aromatic carbocycles. The Balaban J connectivity index is 2.05. The van der Waals surface area contributed by atoms with Gasteiger partial charge in [-0.25, -0.2) is 0 Å². The molecule has 1 aliphatic heterocycles. The molecule has 0 bridgehead atoms. The minimum absolute atomic E-state index is 0.277. The van der Waals surface area contributed by atoms with Crippen molar-refractivity contribution in [1.82, 2.24) is 0 Å². The first kappa shape index (κ1) is 15.6. The van der Waals surface area contributed by atoms with Crippen molar-refractivity contribution in [3.05, 3.63) is 53.1 Å². The zero-order valence-electron chi connectivity index (χ0n) is 14.7. The fourth-order valence-electron chi connectivity index (χ4n) is 4.42. The van der Waals surface area contributed by atoms with E-state index in [9.17, 15) is 4.79 Å². The van der Waals surface area contributed by atoms with Gasteiger partial charge in [-0.15, -0.1) is 0 Å². The molecule has 0 spiro atoms. The first-order chi connectivity index (χ1) is 11.3. The SMILES string of the molecule is C[Si]1(C)c2c(C(N)=O)ccc(-c3cccc4c3C=CC4)c2[Si]1(C)C. The third-order valence-electron chi connectivity index (χ3n) is 6.39. The molecule has 4 rings (SSSR count). The molecule has 2 aromatic rings. The van der Waals surface area contributed by atoms with Gasteiger partial charge >= 0.3 is 0 Å². The van der Waals surface area contributed by atoms with Crippen molar-refractivity contribution >= 4 is 37.5 Å². The van der Waals surface area contributed by atoms with E-state index in [-0.39, 0.29) is 5.91 Å². The molecule has 1 amide bonds. The highest BCUT2D eigenvalue weighted by molar-refractivity contribution is 7.57. The second-order valence-corrected chi connectivity index (χ2v) is 23.0. The molecule has 1 aliphatic carbocycles. The Hall–Kier alpha value is -1.92. The maximum absolute atomic E-state index is 12.0. The van der Waals surface area contributed by atoms with Gasteiger partial charge in [0.05, 0.1) is 15.2 Å². The van der Waals surface area contributed by atoms with Gasteiger partial charge in [0.1, 0.15) is 0 Å². The van der Waals surface area contributed by atoms with Crippen LogP contribution >= 0.6 is 0 Å². The summed E-state index contributed by atoms with van der Waals surface area (Å²) in [7, 11) is -3.11. The topological polar surface area (TPSA) is 43.1 Å². The molecule has 0 unspecified atom stereocenters. The van der Waals surface area contributed by atoms with Crippen LogP contribution in [0.3, 0.4) is 0 Å². The van der Waals surface area contributed by atoms with E-state index < -0.39 is 15.2 Å². The van der Waals surface area contributed by atoms with Gasteiger partial charge in [0, 0.05) is 5.56 Å². The van der Waals surface area contributed by atoms with Crippen LogP contribution in [0.15, 0.2) is 36.4 Å². The third-order valence-corrected chi connectivity index (χ3v) is 24.2. The Morgan fingerprint density at radius 2 is 1.67 bits per heavy atom. The normalized spacial score (nSPS) is 18.7. The average Bonchev–Trinajstić information content (AvgIpc) is 3.01. The van der Waals surface area contributed by atoms with E-state index in [0.717, 1.165) is 12.0 Å². The van der Waals surface area contributed by atoms with E-state index in [1.165, 1.54) is 32.6 Å². The summed E-state index contributed by atoms with van der Waals surface area (Å²) in [6, 6.07) is 10.7. The summed E-state index contributed by atoms with van der Waals surface area (Å²) in [6.45, 7) is 9.75. The first-order valence-corrected chi connectivity index (χ1v) is 15.5. The number of hydrogen-bond donors (Lipinski definition) is 1. The second kappa shape index (κ2) is 4.80. The largest absolute Gasteiger partial charge is 0.366 e. The van der Waals surface area contributed by atoms with Gasteiger partial charge in [-0.3, -0.25) is 4.79 Å². The van der Waals surface area contributed by atoms with Crippen LogP contribution in [-0.2, 0) is 6.42 Å². The van der Waals surface area contributed by atoms with Gasteiger partial charge in [0.25, 0.3) is 0 Å². The monoisotopic (exact) mass is 349 g/mol. The van der Waals surface area contributed by atoms with Crippen LogP contribution in [0.1, 0.15) is 21.5 Å². The molecule has 4 heteroatoms. The van der Waals surface area contributed by atoms with Gasteiger partial charge in [-0.05, 0) is 39.9 Å². The van der Waals surface area contributed by atoms with Crippen molar-refractivity contribution in [2.24, 2.45) is 5.73 Å². The summed E-state index contributed by atoms with van der Waals surface area (Å²) in [5.74, 6) is -0.277. The van der Waals surface area contributed by atoms with Crippen LogP contribution in [0.2, 0.25) is 26.2 Å². The van der Waals surface area contributed by atoms with Gasteiger partial charge < -0.3 is 5.73 Å². The molecule has 2 N–H and O–H groups in total. The number of benzene rings is 2. The summed E-state index contributed by atoms with van der Waals surface area (Å²) in [4.78, 5) is 12.0. The molecule has 2 nitrogen and oxygen atoms in total. The Morgan fingerprint density at radius 1 is 0.958 bits per heavy atom. The third kappa shape index (κ3) is 1.78. The number of amides is 1. The number of rotatable bonds is 2.